The molecule has 0 saturated carbocycles. The Bertz CT molecular complexity index is 703. The van der Waals surface area contributed by atoms with Crippen molar-refractivity contribution in [3.63, 3.8) is 0 Å². The first-order valence-corrected chi connectivity index (χ1v) is 7.87. The van der Waals surface area contributed by atoms with Crippen LogP contribution in [0.2, 0.25) is 0 Å². The van der Waals surface area contributed by atoms with Gasteiger partial charge in [0.1, 0.15) is 5.82 Å². The van der Waals surface area contributed by atoms with Gasteiger partial charge < -0.3 is 15.5 Å². The van der Waals surface area contributed by atoms with Gasteiger partial charge in [-0.05, 0) is 49.2 Å². The highest BCUT2D eigenvalue weighted by atomic mass is 16.2. The highest BCUT2D eigenvalue weighted by Crippen LogP contribution is 2.18. The maximum absolute atomic E-state index is 12.6. The van der Waals surface area contributed by atoms with Crippen LogP contribution in [0.4, 0.5) is 11.5 Å². The van der Waals surface area contributed by atoms with Gasteiger partial charge in [-0.2, -0.15) is 0 Å². The summed E-state index contributed by atoms with van der Waals surface area (Å²) in [5, 5.41) is 0. The fourth-order valence-corrected chi connectivity index (χ4v) is 2.81. The Balaban J connectivity index is 1.65. The minimum Gasteiger partial charge on any atom is -0.384 e. The van der Waals surface area contributed by atoms with Gasteiger partial charge in [0.25, 0.3) is 5.91 Å². The first-order valence-electron chi connectivity index (χ1n) is 7.87. The minimum absolute atomic E-state index is 0.114. The third-order valence-corrected chi connectivity index (χ3v) is 4.46. The highest BCUT2D eigenvalue weighted by molar-refractivity contribution is 5.94. The average molecular weight is 310 g/mol. The predicted molar refractivity (Wildman–Crippen MR) is 92.7 cm³/mol. The first-order chi connectivity index (χ1) is 11.0. The van der Waals surface area contributed by atoms with Crippen molar-refractivity contribution in [2.75, 3.05) is 36.8 Å². The molecule has 5 nitrogen and oxygen atoms in total. The number of piperazine rings is 1. The highest BCUT2D eigenvalue weighted by Gasteiger charge is 2.22. The van der Waals surface area contributed by atoms with Crippen molar-refractivity contribution in [2.24, 2.45) is 0 Å². The Morgan fingerprint density at radius 3 is 2.39 bits per heavy atom. The van der Waals surface area contributed by atoms with Crippen LogP contribution in [0.1, 0.15) is 21.5 Å². The van der Waals surface area contributed by atoms with E-state index in [9.17, 15) is 4.79 Å². The number of aromatic nitrogens is 1. The van der Waals surface area contributed by atoms with Crippen LogP contribution in [-0.4, -0.2) is 42.0 Å². The smallest absolute Gasteiger partial charge is 0.253 e. The monoisotopic (exact) mass is 310 g/mol. The number of nitrogens with zero attached hydrogens (tertiary/aromatic N) is 3. The number of hydrogen-bond acceptors (Lipinski definition) is 4. The molecule has 1 aliphatic heterocycles. The van der Waals surface area contributed by atoms with Crippen molar-refractivity contribution >= 4 is 17.4 Å². The second-order valence-corrected chi connectivity index (χ2v) is 6.02. The van der Waals surface area contributed by atoms with Crippen molar-refractivity contribution in [1.29, 1.82) is 0 Å². The van der Waals surface area contributed by atoms with E-state index in [0.717, 1.165) is 43.0 Å². The molecule has 0 unspecified atom stereocenters. The van der Waals surface area contributed by atoms with E-state index in [1.165, 1.54) is 5.56 Å². The van der Waals surface area contributed by atoms with Crippen LogP contribution in [0.3, 0.4) is 0 Å². The lowest BCUT2D eigenvalue weighted by atomic mass is 10.1. The largest absolute Gasteiger partial charge is 0.384 e. The number of amides is 1. The van der Waals surface area contributed by atoms with Crippen LogP contribution in [0, 0.1) is 13.8 Å². The summed E-state index contributed by atoms with van der Waals surface area (Å²) in [6.45, 7) is 7.15. The Kier molecular flexibility index (Phi) is 4.19. The van der Waals surface area contributed by atoms with Gasteiger partial charge in [-0.15, -0.1) is 0 Å². The number of rotatable bonds is 2. The summed E-state index contributed by atoms with van der Waals surface area (Å²) in [6, 6.07) is 9.69. The molecular weight excluding hydrogens is 288 g/mol. The second-order valence-electron chi connectivity index (χ2n) is 6.02. The van der Waals surface area contributed by atoms with E-state index in [2.05, 4.69) is 16.8 Å². The molecule has 5 heteroatoms. The average Bonchev–Trinajstić information content (AvgIpc) is 2.57. The molecule has 1 aliphatic rings. The Labute approximate surface area is 136 Å². The lowest BCUT2D eigenvalue weighted by molar-refractivity contribution is 0.0746. The van der Waals surface area contributed by atoms with Crippen molar-refractivity contribution in [1.82, 2.24) is 9.88 Å². The van der Waals surface area contributed by atoms with Gasteiger partial charge in [0.05, 0.1) is 11.9 Å². The summed E-state index contributed by atoms with van der Waals surface area (Å²) in [5.41, 5.74) is 9.82. The molecule has 0 radical (unpaired) electrons. The number of nitrogens with two attached hydrogens (primary N) is 1. The molecule has 2 heterocycles. The Hall–Kier alpha value is -2.56. The number of aryl methyl sites for hydroxylation is 2. The van der Waals surface area contributed by atoms with Crippen molar-refractivity contribution in [3.8, 4) is 0 Å². The number of nitrogen functional groups attached to an aromatic ring is 1. The summed E-state index contributed by atoms with van der Waals surface area (Å²) in [7, 11) is 0. The zero-order valence-corrected chi connectivity index (χ0v) is 13.6. The van der Waals surface area contributed by atoms with Gasteiger partial charge in [-0.25, -0.2) is 4.98 Å². The van der Waals surface area contributed by atoms with Crippen LogP contribution >= 0.6 is 0 Å². The van der Waals surface area contributed by atoms with E-state index >= 15 is 0 Å². The zero-order chi connectivity index (χ0) is 16.4. The molecule has 1 fully saturated rings. The van der Waals surface area contributed by atoms with Gasteiger partial charge >= 0.3 is 0 Å². The van der Waals surface area contributed by atoms with E-state index in [0.29, 0.717) is 5.82 Å². The summed E-state index contributed by atoms with van der Waals surface area (Å²) in [5.74, 6) is 0.639. The summed E-state index contributed by atoms with van der Waals surface area (Å²) >= 11 is 0. The molecule has 1 aromatic carbocycles. The minimum atomic E-state index is 0.114. The van der Waals surface area contributed by atoms with Crippen molar-refractivity contribution in [3.05, 3.63) is 53.2 Å². The van der Waals surface area contributed by atoms with E-state index in [1.807, 2.05) is 42.2 Å². The van der Waals surface area contributed by atoms with E-state index in [1.54, 1.807) is 6.20 Å². The molecule has 2 aromatic rings. The van der Waals surface area contributed by atoms with Crippen LogP contribution in [0.25, 0.3) is 0 Å². The number of anilines is 2. The van der Waals surface area contributed by atoms with Crippen molar-refractivity contribution in [2.45, 2.75) is 13.8 Å². The van der Waals surface area contributed by atoms with Gasteiger partial charge in [-0.3, -0.25) is 4.79 Å². The number of benzene rings is 1. The van der Waals surface area contributed by atoms with Crippen LogP contribution in [0.5, 0.6) is 0 Å². The fraction of sp³-hybridized carbons (Fsp3) is 0.333. The van der Waals surface area contributed by atoms with Gasteiger partial charge in [0.2, 0.25) is 0 Å². The topological polar surface area (TPSA) is 62.5 Å². The molecule has 0 spiro atoms. The van der Waals surface area contributed by atoms with E-state index in [4.69, 9.17) is 5.73 Å². The summed E-state index contributed by atoms with van der Waals surface area (Å²) in [4.78, 5) is 20.9. The fourth-order valence-electron chi connectivity index (χ4n) is 2.81. The molecule has 0 atom stereocenters. The summed E-state index contributed by atoms with van der Waals surface area (Å²) < 4.78 is 0. The third kappa shape index (κ3) is 3.28. The quantitative estimate of drug-likeness (QED) is 0.924. The molecule has 23 heavy (non-hydrogen) atoms. The van der Waals surface area contributed by atoms with Crippen LogP contribution in [0.15, 0.2) is 36.5 Å². The number of pyridine rings is 1. The number of hydrogen-bond donors (Lipinski definition) is 1. The molecule has 3 rings (SSSR count). The molecule has 0 bridgehead atoms. The lowest BCUT2D eigenvalue weighted by Gasteiger charge is -2.36. The van der Waals surface area contributed by atoms with Crippen LogP contribution in [-0.2, 0) is 0 Å². The molecule has 1 amide bonds. The van der Waals surface area contributed by atoms with Gasteiger partial charge in [0.15, 0.2) is 0 Å². The standard InChI is InChI=1S/C18H22N4O/c1-13-3-4-15(11-14(13)2)18(23)22-9-7-21(8-10-22)16-5-6-17(19)20-12-16/h3-6,11-12H,7-10H2,1-2H3,(H2,19,20). The maximum atomic E-state index is 12.6. The Morgan fingerprint density at radius 1 is 1.04 bits per heavy atom. The Morgan fingerprint density at radius 2 is 1.78 bits per heavy atom. The predicted octanol–water partition coefficient (Wildman–Crippen LogP) is 2.24. The first kappa shape index (κ1) is 15.3. The van der Waals surface area contributed by atoms with Crippen molar-refractivity contribution < 1.29 is 4.79 Å². The molecule has 0 aliphatic carbocycles. The zero-order valence-electron chi connectivity index (χ0n) is 13.6. The second kappa shape index (κ2) is 6.28. The van der Waals surface area contributed by atoms with Gasteiger partial charge in [-0.1, -0.05) is 6.07 Å². The normalized spacial score (nSPS) is 14.9. The summed E-state index contributed by atoms with van der Waals surface area (Å²) in [6.07, 6.45) is 1.79. The molecule has 1 aromatic heterocycles. The number of carbonyl (C=O) groups is 1. The lowest BCUT2D eigenvalue weighted by Crippen LogP contribution is -2.48. The molecule has 2 N–H and O–H groups in total. The maximum Gasteiger partial charge on any atom is 0.253 e. The van der Waals surface area contributed by atoms with E-state index in [-0.39, 0.29) is 5.91 Å². The van der Waals surface area contributed by atoms with E-state index < -0.39 is 0 Å². The molecular formula is C18H22N4O. The molecule has 120 valence electrons. The van der Waals surface area contributed by atoms with Crippen LogP contribution < -0.4 is 10.6 Å². The third-order valence-electron chi connectivity index (χ3n) is 4.46. The van der Waals surface area contributed by atoms with Gasteiger partial charge in [0, 0.05) is 31.7 Å². The SMILES string of the molecule is Cc1ccc(C(=O)N2CCN(c3ccc(N)nc3)CC2)cc1C. The number of carbonyl (C=O) groups excluding carboxylic acids is 1. The molecule has 1 saturated heterocycles.